The molecular weight excluding hydrogens is 216 g/mol. The zero-order valence-electron chi connectivity index (χ0n) is 11.4. The third-order valence-corrected chi connectivity index (χ3v) is 2.33. The van der Waals surface area contributed by atoms with Gasteiger partial charge in [0.25, 0.3) is 0 Å². The fourth-order valence-corrected chi connectivity index (χ4v) is 1.34. The molecule has 0 amide bonds. The fourth-order valence-electron chi connectivity index (χ4n) is 1.34. The van der Waals surface area contributed by atoms with Gasteiger partial charge in [0.15, 0.2) is 0 Å². The molecule has 0 unspecified atom stereocenters. The monoisotopic (exact) mass is 246 g/mol. The van der Waals surface area contributed by atoms with Crippen molar-refractivity contribution in [3.63, 3.8) is 0 Å². The lowest BCUT2D eigenvalue weighted by Crippen LogP contribution is -2.38. The first-order chi connectivity index (χ1) is 8.27. The average Bonchev–Trinajstić information content (AvgIpc) is 2.30. The quantitative estimate of drug-likeness (QED) is 0.149. The minimum atomic E-state index is 0.881. The molecule has 0 aromatic heterocycles. The predicted molar refractivity (Wildman–Crippen MR) is 74.0 cm³/mol. The van der Waals surface area contributed by atoms with Gasteiger partial charge in [0.2, 0.25) is 0 Å². The maximum atomic E-state index is 5.49. The maximum Gasteiger partial charge on any atom is 0.0250 e. The van der Waals surface area contributed by atoms with Gasteiger partial charge in [0.1, 0.15) is 0 Å². The lowest BCUT2D eigenvalue weighted by Gasteiger charge is -2.10. The normalized spacial score (nSPS) is 11.3. The molecule has 0 atom stereocenters. The lowest BCUT2D eigenvalue weighted by molar-refractivity contribution is 0.345. The largest absolute Gasteiger partial charge is 0.316 e. The van der Waals surface area contributed by atoms with Crippen LogP contribution in [0, 0.1) is 0 Å². The molecule has 0 aliphatic rings. The van der Waals surface area contributed by atoms with Crippen LogP contribution in [0.3, 0.4) is 0 Å². The van der Waals surface area contributed by atoms with Gasteiger partial charge in [-0.25, -0.2) is 5.01 Å². The third kappa shape index (κ3) is 15.8. The summed E-state index contributed by atoms with van der Waals surface area (Å²) in [5.74, 6) is 5.49. The molecule has 0 bridgehead atoms. The fraction of sp³-hybridized carbons (Fsp3) is 1.00. The van der Waals surface area contributed by atoms with Crippen molar-refractivity contribution in [2.45, 2.75) is 6.92 Å². The molecule has 6 nitrogen and oxygen atoms in total. The second kappa shape index (κ2) is 13.8. The van der Waals surface area contributed by atoms with Gasteiger partial charge < -0.3 is 21.3 Å². The van der Waals surface area contributed by atoms with Gasteiger partial charge in [0, 0.05) is 59.4 Å². The van der Waals surface area contributed by atoms with E-state index in [0.717, 1.165) is 58.9 Å². The number of hydrogen-bond acceptors (Lipinski definition) is 6. The number of rotatable bonds is 13. The molecule has 0 aromatic rings. The average molecular weight is 246 g/mol. The van der Waals surface area contributed by atoms with Crippen molar-refractivity contribution in [2.24, 2.45) is 5.84 Å². The Morgan fingerprint density at radius 1 is 0.765 bits per heavy atom. The van der Waals surface area contributed by atoms with Crippen LogP contribution in [0.5, 0.6) is 0 Å². The van der Waals surface area contributed by atoms with E-state index in [0.29, 0.717) is 0 Å². The van der Waals surface area contributed by atoms with Crippen molar-refractivity contribution < 1.29 is 0 Å². The lowest BCUT2D eigenvalue weighted by atomic mass is 10.5. The summed E-state index contributed by atoms with van der Waals surface area (Å²) in [6.45, 7) is 11.1. The summed E-state index contributed by atoms with van der Waals surface area (Å²) < 4.78 is 0. The Morgan fingerprint density at radius 3 is 1.59 bits per heavy atom. The molecule has 6 heteroatoms. The number of likely N-dealkylation sites (N-methyl/N-ethyl adjacent to an activating group) is 2. The van der Waals surface area contributed by atoms with Crippen molar-refractivity contribution in [2.75, 3.05) is 66.0 Å². The van der Waals surface area contributed by atoms with Crippen LogP contribution in [0.1, 0.15) is 6.92 Å². The minimum absolute atomic E-state index is 0.881. The summed E-state index contributed by atoms with van der Waals surface area (Å²) in [5, 5.41) is 15.0. The van der Waals surface area contributed by atoms with Crippen LogP contribution in [-0.2, 0) is 0 Å². The van der Waals surface area contributed by atoms with Gasteiger partial charge >= 0.3 is 0 Å². The van der Waals surface area contributed by atoms with Crippen LogP contribution in [0.25, 0.3) is 0 Å². The van der Waals surface area contributed by atoms with E-state index in [1.54, 1.807) is 5.01 Å². The number of nitrogens with two attached hydrogens (primary N) is 1. The van der Waals surface area contributed by atoms with E-state index in [2.05, 4.69) is 28.2 Å². The molecule has 0 aromatic carbocycles. The van der Waals surface area contributed by atoms with Crippen molar-refractivity contribution in [1.82, 2.24) is 26.3 Å². The Kier molecular flexibility index (Phi) is 13.6. The predicted octanol–water partition coefficient (Wildman–Crippen LogP) is -1.83. The topological polar surface area (TPSA) is 77.4 Å². The molecular formula is C11H30N6. The van der Waals surface area contributed by atoms with Gasteiger partial charge in [-0.1, -0.05) is 6.92 Å². The van der Waals surface area contributed by atoms with E-state index < -0.39 is 0 Å². The highest BCUT2D eigenvalue weighted by Gasteiger charge is 1.91. The van der Waals surface area contributed by atoms with Gasteiger partial charge in [-0.05, 0) is 6.54 Å². The molecule has 0 saturated heterocycles. The van der Waals surface area contributed by atoms with Crippen molar-refractivity contribution in [1.29, 1.82) is 0 Å². The zero-order valence-corrected chi connectivity index (χ0v) is 11.4. The van der Waals surface area contributed by atoms with Crippen LogP contribution in [0.15, 0.2) is 0 Å². The Hall–Kier alpha value is -0.240. The molecule has 17 heavy (non-hydrogen) atoms. The molecule has 104 valence electrons. The molecule has 6 N–H and O–H groups in total. The Labute approximate surface area is 106 Å². The van der Waals surface area contributed by atoms with Crippen LogP contribution >= 0.6 is 0 Å². The molecule has 0 fully saturated rings. The summed E-state index contributed by atoms with van der Waals surface area (Å²) >= 11 is 0. The van der Waals surface area contributed by atoms with Crippen LogP contribution in [-0.4, -0.2) is 71.0 Å². The van der Waals surface area contributed by atoms with Crippen LogP contribution in [0.2, 0.25) is 0 Å². The number of nitrogens with zero attached hydrogens (tertiary/aromatic N) is 1. The molecule has 0 aliphatic heterocycles. The number of nitrogens with one attached hydrogen (secondary N) is 4. The van der Waals surface area contributed by atoms with Gasteiger partial charge in [0.05, 0.1) is 0 Å². The van der Waals surface area contributed by atoms with Crippen molar-refractivity contribution in [3.8, 4) is 0 Å². The van der Waals surface area contributed by atoms with Gasteiger partial charge in [-0.15, -0.1) is 0 Å². The zero-order chi connectivity index (χ0) is 12.8. The smallest absolute Gasteiger partial charge is 0.0250 e. The molecule has 0 rings (SSSR count). The van der Waals surface area contributed by atoms with E-state index in [-0.39, 0.29) is 0 Å². The first-order valence-electron chi connectivity index (χ1n) is 6.56. The number of hydrazine groups is 1. The molecule has 0 heterocycles. The molecule has 0 aliphatic carbocycles. The summed E-state index contributed by atoms with van der Waals surface area (Å²) in [7, 11) is 1.87. The molecule has 0 radical (unpaired) electrons. The third-order valence-electron chi connectivity index (χ3n) is 2.33. The van der Waals surface area contributed by atoms with Crippen LogP contribution < -0.4 is 27.1 Å². The minimum Gasteiger partial charge on any atom is -0.316 e. The molecule has 0 spiro atoms. The standard InChI is InChI=1S/C11H30N6/c1-3-13-4-5-14-6-7-15-8-9-16-10-11-17(2)12/h13-16H,3-12H2,1-2H3. The first kappa shape index (κ1) is 16.8. The Balaban J connectivity index is 2.89. The van der Waals surface area contributed by atoms with E-state index in [1.165, 1.54) is 0 Å². The number of hydrogen-bond donors (Lipinski definition) is 5. The highest BCUT2D eigenvalue weighted by Crippen LogP contribution is 1.66. The van der Waals surface area contributed by atoms with Crippen molar-refractivity contribution >= 4 is 0 Å². The first-order valence-corrected chi connectivity index (χ1v) is 6.56. The van der Waals surface area contributed by atoms with E-state index in [9.17, 15) is 0 Å². The summed E-state index contributed by atoms with van der Waals surface area (Å²) in [6.07, 6.45) is 0. The highest BCUT2D eigenvalue weighted by atomic mass is 15.4. The second-order valence-electron chi connectivity index (χ2n) is 4.08. The molecule has 0 saturated carbocycles. The van der Waals surface area contributed by atoms with E-state index >= 15 is 0 Å². The summed E-state index contributed by atoms with van der Waals surface area (Å²) in [6, 6.07) is 0. The van der Waals surface area contributed by atoms with E-state index in [4.69, 9.17) is 5.84 Å². The Morgan fingerprint density at radius 2 is 1.18 bits per heavy atom. The van der Waals surface area contributed by atoms with Crippen molar-refractivity contribution in [3.05, 3.63) is 0 Å². The SMILES string of the molecule is CCNCCNCCNCCNCCN(C)N. The van der Waals surface area contributed by atoms with Gasteiger partial charge in [-0.2, -0.15) is 0 Å². The summed E-state index contributed by atoms with van der Waals surface area (Å²) in [5.41, 5.74) is 0. The summed E-state index contributed by atoms with van der Waals surface area (Å²) in [4.78, 5) is 0. The van der Waals surface area contributed by atoms with Gasteiger partial charge in [-0.3, -0.25) is 5.84 Å². The highest BCUT2D eigenvalue weighted by molar-refractivity contribution is 4.56. The second-order valence-corrected chi connectivity index (χ2v) is 4.08. The van der Waals surface area contributed by atoms with E-state index in [1.807, 2.05) is 7.05 Å². The van der Waals surface area contributed by atoms with Crippen LogP contribution in [0.4, 0.5) is 0 Å². The Bertz CT molecular complexity index is 142. The maximum absolute atomic E-state index is 5.49.